The second kappa shape index (κ2) is 4.30. The molecule has 1 aromatic carbocycles. The molecule has 0 radical (unpaired) electrons. The largest absolute Gasteiger partial charge is 0.198 e. The molecule has 0 saturated heterocycles. The lowest BCUT2D eigenvalue weighted by Crippen LogP contribution is -1.95. The number of nitriles is 1. The van der Waals surface area contributed by atoms with Crippen LogP contribution in [0, 0.1) is 11.3 Å². The number of nitrogens with zero attached hydrogens (tertiary/aromatic N) is 1. The molecule has 0 unspecified atom stereocenters. The van der Waals surface area contributed by atoms with Crippen LogP contribution >= 0.6 is 11.6 Å². The van der Waals surface area contributed by atoms with Crippen molar-refractivity contribution >= 4 is 11.6 Å². The fourth-order valence-electron chi connectivity index (χ4n) is 1.35. The third kappa shape index (κ3) is 2.47. The van der Waals surface area contributed by atoms with E-state index >= 15 is 0 Å². The third-order valence-corrected chi connectivity index (χ3v) is 2.23. The van der Waals surface area contributed by atoms with E-state index in [1.165, 1.54) is 5.56 Å². The van der Waals surface area contributed by atoms with Crippen molar-refractivity contribution in [2.24, 2.45) is 0 Å². The van der Waals surface area contributed by atoms with Gasteiger partial charge in [0.05, 0.1) is 12.5 Å². The third-order valence-electron chi connectivity index (χ3n) is 2.00. The van der Waals surface area contributed by atoms with Crippen molar-refractivity contribution in [1.29, 1.82) is 5.26 Å². The lowest BCUT2D eigenvalue weighted by atomic mass is 9.96. The van der Waals surface area contributed by atoms with Crippen molar-refractivity contribution in [3.05, 3.63) is 34.3 Å². The quantitative estimate of drug-likeness (QED) is 0.705. The Morgan fingerprint density at radius 3 is 2.69 bits per heavy atom. The van der Waals surface area contributed by atoms with E-state index in [-0.39, 0.29) is 0 Å². The van der Waals surface area contributed by atoms with Gasteiger partial charge in [-0.25, -0.2) is 0 Å². The molecule has 2 heteroatoms. The SMILES string of the molecule is CC(C)c1cc(Cl)ccc1CC#N. The molecular weight excluding hydrogens is 182 g/mol. The molecule has 1 nitrogen and oxygen atoms in total. The summed E-state index contributed by atoms with van der Waals surface area (Å²) in [6, 6.07) is 7.86. The summed E-state index contributed by atoms with van der Waals surface area (Å²) in [5.74, 6) is 0.419. The molecule has 0 aliphatic rings. The molecule has 0 heterocycles. The van der Waals surface area contributed by atoms with Gasteiger partial charge in [-0.05, 0) is 29.2 Å². The summed E-state index contributed by atoms with van der Waals surface area (Å²) in [6.07, 6.45) is 0.463. The van der Waals surface area contributed by atoms with Gasteiger partial charge in [0.1, 0.15) is 0 Å². The minimum Gasteiger partial charge on any atom is -0.198 e. The maximum Gasteiger partial charge on any atom is 0.0669 e. The van der Waals surface area contributed by atoms with Crippen LogP contribution in [0.25, 0.3) is 0 Å². The van der Waals surface area contributed by atoms with Gasteiger partial charge < -0.3 is 0 Å². The van der Waals surface area contributed by atoms with E-state index in [2.05, 4.69) is 19.9 Å². The van der Waals surface area contributed by atoms with Crippen LogP contribution < -0.4 is 0 Å². The molecule has 0 aliphatic heterocycles. The molecule has 68 valence electrons. The first-order chi connectivity index (χ1) is 6.15. The predicted molar refractivity (Wildman–Crippen MR) is 54.9 cm³/mol. The van der Waals surface area contributed by atoms with Crippen molar-refractivity contribution in [3.8, 4) is 6.07 Å². The molecule has 0 saturated carbocycles. The van der Waals surface area contributed by atoms with E-state index in [1.54, 1.807) is 0 Å². The lowest BCUT2D eigenvalue weighted by Gasteiger charge is -2.10. The van der Waals surface area contributed by atoms with E-state index < -0.39 is 0 Å². The van der Waals surface area contributed by atoms with Crippen LogP contribution in [-0.2, 0) is 6.42 Å². The van der Waals surface area contributed by atoms with Crippen LogP contribution in [0.5, 0.6) is 0 Å². The zero-order valence-electron chi connectivity index (χ0n) is 7.84. The van der Waals surface area contributed by atoms with Crippen LogP contribution in [0.3, 0.4) is 0 Å². The summed E-state index contributed by atoms with van der Waals surface area (Å²) in [5.41, 5.74) is 2.26. The Morgan fingerprint density at radius 1 is 1.46 bits per heavy atom. The summed E-state index contributed by atoms with van der Waals surface area (Å²) in [4.78, 5) is 0. The molecule has 1 aromatic rings. The normalized spacial score (nSPS) is 10.1. The second-order valence-electron chi connectivity index (χ2n) is 3.33. The molecule has 0 atom stereocenters. The second-order valence-corrected chi connectivity index (χ2v) is 3.77. The molecule has 13 heavy (non-hydrogen) atoms. The zero-order valence-corrected chi connectivity index (χ0v) is 8.60. The van der Waals surface area contributed by atoms with Crippen molar-refractivity contribution < 1.29 is 0 Å². The summed E-state index contributed by atoms with van der Waals surface area (Å²) in [6.45, 7) is 4.21. The van der Waals surface area contributed by atoms with E-state index in [1.807, 2.05) is 18.2 Å². The lowest BCUT2D eigenvalue weighted by molar-refractivity contribution is 0.851. The molecular formula is C11H12ClN. The minimum absolute atomic E-state index is 0.419. The first-order valence-corrected chi connectivity index (χ1v) is 4.68. The highest BCUT2D eigenvalue weighted by atomic mass is 35.5. The van der Waals surface area contributed by atoms with Gasteiger partial charge in [-0.1, -0.05) is 31.5 Å². The average Bonchev–Trinajstić information content (AvgIpc) is 2.08. The Labute approximate surface area is 84.0 Å². The topological polar surface area (TPSA) is 23.8 Å². The summed E-state index contributed by atoms with van der Waals surface area (Å²) >= 11 is 5.88. The standard InChI is InChI=1S/C11H12ClN/c1-8(2)11-7-10(12)4-3-9(11)5-6-13/h3-4,7-8H,5H2,1-2H3. The van der Waals surface area contributed by atoms with Gasteiger partial charge in [-0.3, -0.25) is 0 Å². The van der Waals surface area contributed by atoms with Crippen molar-refractivity contribution in [3.63, 3.8) is 0 Å². The van der Waals surface area contributed by atoms with E-state index in [4.69, 9.17) is 16.9 Å². The van der Waals surface area contributed by atoms with E-state index in [9.17, 15) is 0 Å². The predicted octanol–water partition coefficient (Wildman–Crippen LogP) is 3.53. The van der Waals surface area contributed by atoms with E-state index in [0.29, 0.717) is 12.3 Å². The van der Waals surface area contributed by atoms with Crippen LogP contribution in [0.15, 0.2) is 18.2 Å². The number of rotatable bonds is 2. The van der Waals surface area contributed by atoms with Crippen molar-refractivity contribution in [2.75, 3.05) is 0 Å². The van der Waals surface area contributed by atoms with Gasteiger partial charge in [0.25, 0.3) is 0 Å². The Balaban J connectivity index is 3.12. The Morgan fingerprint density at radius 2 is 2.15 bits per heavy atom. The van der Waals surface area contributed by atoms with Gasteiger partial charge in [-0.15, -0.1) is 0 Å². The fraction of sp³-hybridized carbons (Fsp3) is 0.364. The Hall–Kier alpha value is -1.00. The van der Waals surface area contributed by atoms with Crippen LogP contribution in [-0.4, -0.2) is 0 Å². The summed E-state index contributed by atoms with van der Waals surface area (Å²) < 4.78 is 0. The molecule has 0 amide bonds. The number of benzene rings is 1. The Bertz CT molecular complexity index is 336. The van der Waals surface area contributed by atoms with Gasteiger partial charge in [0.2, 0.25) is 0 Å². The molecule has 0 fully saturated rings. The fourth-order valence-corrected chi connectivity index (χ4v) is 1.53. The van der Waals surface area contributed by atoms with E-state index in [0.717, 1.165) is 10.6 Å². The zero-order chi connectivity index (χ0) is 9.84. The van der Waals surface area contributed by atoms with Crippen LogP contribution in [0.1, 0.15) is 30.9 Å². The molecule has 0 aromatic heterocycles. The molecule has 0 spiro atoms. The van der Waals surface area contributed by atoms with Crippen LogP contribution in [0.4, 0.5) is 0 Å². The molecule has 0 aliphatic carbocycles. The van der Waals surface area contributed by atoms with Crippen LogP contribution in [0.2, 0.25) is 5.02 Å². The highest BCUT2D eigenvalue weighted by Gasteiger charge is 2.06. The first kappa shape index (κ1) is 10.1. The van der Waals surface area contributed by atoms with Gasteiger partial charge in [0, 0.05) is 5.02 Å². The maximum atomic E-state index is 8.61. The highest BCUT2D eigenvalue weighted by Crippen LogP contribution is 2.23. The number of halogens is 1. The molecule has 1 rings (SSSR count). The van der Waals surface area contributed by atoms with Crippen molar-refractivity contribution in [1.82, 2.24) is 0 Å². The molecule has 0 N–H and O–H groups in total. The smallest absolute Gasteiger partial charge is 0.0669 e. The maximum absolute atomic E-state index is 8.61. The van der Waals surface area contributed by atoms with Gasteiger partial charge >= 0.3 is 0 Å². The monoisotopic (exact) mass is 193 g/mol. The summed E-state index contributed by atoms with van der Waals surface area (Å²) in [7, 11) is 0. The van der Waals surface area contributed by atoms with Crippen molar-refractivity contribution in [2.45, 2.75) is 26.2 Å². The molecule has 0 bridgehead atoms. The summed E-state index contributed by atoms with van der Waals surface area (Å²) in [5, 5.41) is 9.35. The highest BCUT2D eigenvalue weighted by molar-refractivity contribution is 6.30. The average molecular weight is 194 g/mol. The number of hydrogen-bond acceptors (Lipinski definition) is 1. The number of hydrogen-bond donors (Lipinski definition) is 0. The van der Waals surface area contributed by atoms with Gasteiger partial charge in [0.15, 0.2) is 0 Å². The Kier molecular flexibility index (Phi) is 3.33. The minimum atomic E-state index is 0.419. The van der Waals surface area contributed by atoms with Gasteiger partial charge in [-0.2, -0.15) is 5.26 Å². The first-order valence-electron chi connectivity index (χ1n) is 4.30.